The molecular formula is C23H27ClF3N5OS. The molecule has 1 aliphatic carbocycles. The average Bonchev–Trinajstić information content (AvgIpc) is 3.06. The molecule has 2 fully saturated rings. The van der Waals surface area contributed by atoms with Gasteiger partial charge in [-0.05, 0) is 62.4 Å². The van der Waals surface area contributed by atoms with Gasteiger partial charge in [-0.3, -0.25) is 0 Å². The van der Waals surface area contributed by atoms with E-state index in [1.807, 2.05) is 25.5 Å². The van der Waals surface area contributed by atoms with E-state index in [4.69, 9.17) is 4.42 Å². The highest BCUT2D eigenvalue weighted by molar-refractivity contribution is 7.99. The molecule has 1 aromatic carbocycles. The number of hydrogen-bond donors (Lipinski definition) is 0. The molecule has 1 saturated carbocycles. The molecule has 3 heterocycles. The number of thioether (sulfide) groups is 1. The molecule has 2 aromatic heterocycles. The number of likely N-dealkylation sites (tertiary alicyclic amines) is 1. The summed E-state index contributed by atoms with van der Waals surface area (Å²) in [5, 5.41) is 9.36. The molecule has 34 heavy (non-hydrogen) atoms. The summed E-state index contributed by atoms with van der Waals surface area (Å²) in [6.45, 7) is 6.59. The van der Waals surface area contributed by atoms with Crippen molar-refractivity contribution in [3.05, 3.63) is 47.0 Å². The lowest BCUT2D eigenvalue weighted by Crippen LogP contribution is -2.28. The summed E-state index contributed by atoms with van der Waals surface area (Å²) in [6, 6.07) is 4.24. The van der Waals surface area contributed by atoms with Crippen molar-refractivity contribution in [2.24, 2.45) is 13.0 Å². The monoisotopic (exact) mass is 513 g/mol. The molecule has 2 atom stereocenters. The van der Waals surface area contributed by atoms with Gasteiger partial charge in [-0.1, -0.05) is 17.8 Å². The normalized spacial score (nSPS) is 22.0. The maximum absolute atomic E-state index is 13.0. The van der Waals surface area contributed by atoms with Crippen molar-refractivity contribution in [2.45, 2.75) is 43.4 Å². The fourth-order valence-corrected chi connectivity index (χ4v) is 6.01. The molecule has 1 aliphatic heterocycles. The van der Waals surface area contributed by atoms with Crippen LogP contribution in [0, 0.1) is 19.8 Å². The molecule has 0 spiro atoms. The summed E-state index contributed by atoms with van der Waals surface area (Å²) < 4.78 is 46.4. The minimum atomic E-state index is -4.29. The molecule has 11 heteroatoms. The predicted molar refractivity (Wildman–Crippen MR) is 126 cm³/mol. The van der Waals surface area contributed by atoms with E-state index in [0.717, 1.165) is 60.2 Å². The van der Waals surface area contributed by atoms with Gasteiger partial charge in [0.2, 0.25) is 5.82 Å². The van der Waals surface area contributed by atoms with Crippen LogP contribution < -0.4 is 0 Å². The molecule has 184 valence electrons. The quantitative estimate of drug-likeness (QED) is 0.316. The van der Waals surface area contributed by atoms with Gasteiger partial charge in [0.1, 0.15) is 0 Å². The molecule has 3 aromatic rings. The Morgan fingerprint density at radius 1 is 1.24 bits per heavy atom. The Labute approximate surface area is 206 Å². The summed E-state index contributed by atoms with van der Waals surface area (Å²) in [6.07, 6.45) is -0.803. The molecule has 2 aliphatic rings. The largest absolute Gasteiger partial charge is 0.440 e. The van der Waals surface area contributed by atoms with Gasteiger partial charge in [0.05, 0.1) is 11.3 Å². The van der Waals surface area contributed by atoms with Gasteiger partial charge < -0.3 is 13.9 Å². The minimum Gasteiger partial charge on any atom is -0.440 e. The molecule has 0 N–H and O–H groups in total. The standard InChI is InChI=1S/C23H26F3N5OS.ClH/c1-14-9-16(23(24,25)26)5-6-18(14)22-10-17(22)11-31(12-22)7-4-8-33-21-29-28-20(30(21)3)19-15(2)27-13-32-19;/h5-6,9,13,17H,4,7-8,10-12H2,1-3H3;1H/t17-,22?;/m1./s1. The van der Waals surface area contributed by atoms with Gasteiger partial charge in [-0.15, -0.1) is 22.6 Å². The second kappa shape index (κ2) is 9.20. The van der Waals surface area contributed by atoms with Crippen molar-refractivity contribution in [1.29, 1.82) is 0 Å². The topological polar surface area (TPSA) is 60.0 Å². The number of piperidine rings is 1. The summed E-state index contributed by atoms with van der Waals surface area (Å²) in [4.78, 5) is 6.56. The molecule has 5 rings (SSSR count). The Morgan fingerprint density at radius 2 is 2.03 bits per heavy atom. The number of rotatable bonds is 7. The lowest BCUT2D eigenvalue weighted by Gasteiger charge is -2.22. The zero-order chi connectivity index (χ0) is 23.4. The molecule has 6 nitrogen and oxygen atoms in total. The number of alkyl halides is 3. The van der Waals surface area contributed by atoms with Crippen LogP contribution in [0.2, 0.25) is 0 Å². The lowest BCUT2D eigenvalue weighted by atomic mass is 9.90. The van der Waals surface area contributed by atoms with E-state index in [0.29, 0.717) is 17.5 Å². The number of nitrogens with zero attached hydrogens (tertiary/aromatic N) is 5. The van der Waals surface area contributed by atoms with Crippen LogP contribution in [0.3, 0.4) is 0 Å². The van der Waals surface area contributed by atoms with Crippen molar-refractivity contribution in [3.63, 3.8) is 0 Å². The zero-order valence-corrected chi connectivity index (χ0v) is 20.9. The van der Waals surface area contributed by atoms with Crippen LogP contribution in [0.25, 0.3) is 11.6 Å². The van der Waals surface area contributed by atoms with Gasteiger partial charge in [0.25, 0.3) is 0 Å². The van der Waals surface area contributed by atoms with Crippen LogP contribution >= 0.6 is 24.2 Å². The highest BCUT2D eigenvalue weighted by Gasteiger charge is 2.60. The molecular weight excluding hydrogens is 487 g/mol. The van der Waals surface area contributed by atoms with E-state index in [2.05, 4.69) is 20.1 Å². The molecule has 0 bridgehead atoms. The van der Waals surface area contributed by atoms with Crippen molar-refractivity contribution in [2.75, 3.05) is 25.4 Å². The number of aryl methyl sites for hydroxylation is 2. The molecule has 0 radical (unpaired) electrons. The Hall–Kier alpha value is -2.04. The van der Waals surface area contributed by atoms with E-state index >= 15 is 0 Å². The van der Waals surface area contributed by atoms with Crippen molar-refractivity contribution in [3.8, 4) is 11.6 Å². The summed E-state index contributed by atoms with van der Waals surface area (Å²) in [7, 11) is 1.92. The number of aromatic nitrogens is 4. The van der Waals surface area contributed by atoms with Crippen LogP contribution in [0.5, 0.6) is 0 Å². The second-order valence-corrected chi connectivity index (χ2v) is 10.2. The third-order valence-electron chi connectivity index (χ3n) is 6.94. The second-order valence-electron chi connectivity index (χ2n) is 9.15. The highest BCUT2D eigenvalue weighted by Crippen LogP contribution is 2.59. The van der Waals surface area contributed by atoms with E-state index in [9.17, 15) is 13.2 Å². The molecule has 1 saturated heterocycles. The number of benzene rings is 1. The van der Waals surface area contributed by atoms with E-state index in [-0.39, 0.29) is 17.8 Å². The van der Waals surface area contributed by atoms with Crippen molar-refractivity contribution in [1.82, 2.24) is 24.6 Å². The Morgan fingerprint density at radius 3 is 2.71 bits per heavy atom. The maximum atomic E-state index is 13.0. The van der Waals surface area contributed by atoms with E-state index < -0.39 is 11.7 Å². The van der Waals surface area contributed by atoms with Gasteiger partial charge in [-0.25, -0.2) is 4.98 Å². The number of fused-ring (bicyclic) bond motifs is 1. The SMILES string of the molecule is Cc1cc(C(F)(F)F)ccc1C12C[C@@H]1CN(CCCSc1nnc(-c3ocnc3C)n1C)C2.Cl. The maximum Gasteiger partial charge on any atom is 0.416 e. The van der Waals surface area contributed by atoms with Gasteiger partial charge in [-0.2, -0.15) is 13.2 Å². The fourth-order valence-electron chi connectivity index (χ4n) is 5.18. The molecule has 1 unspecified atom stereocenters. The fraction of sp³-hybridized carbons (Fsp3) is 0.522. The van der Waals surface area contributed by atoms with Crippen LogP contribution in [-0.4, -0.2) is 50.0 Å². The lowest BCUT2D eigenvalue weighted by molar-refractivity contribution is -0.137. The smallest absolute Gasteiger partial charge is 0.416 e. The van der Waals surface area contributed by atoms with E-state index in [1.165, 1.54) is 18.5 Å². The first kappa shape index (κ1) is 25.1. The van der Waals surface area contributed by atoms with Gasteiger partial charge >= 0.3 is 6.18 Å². The highest BCUT2D eigenvalue weighted by atomic mass is 35.5. The Bertz CT molecular complexity index is 1180. The number of oxazole rings is 1. The first-order valence-electron chi connectivity index (χ1n) is 11.0. The van der Waals surface area contributed by atoms with Crippen LogP contribution in [0.15, 0.2) is 34.2 Å². The predicted octanol–water partition coefficient (Wildman–Crippen LogP) is 5.28. The molecule has 0 amide bonds. The zero-order valence-electron chi connectivity index (χ0n) is 19.2. The first-order chi connectivity index (χ1) is 15.7. The Balaban J connectivity index is 0.00000274. The van der Waals surface area contributed by atoms with Gasteiger partial charge in [0, 0.05) is 31.3 Å². The number of hydrogen-bond acceptors (Lipinski definition) is 6. The average molecular weight is 514 g/mol. The van der Waals surface area contributed by atoms with Crippen LogP contribution in [0.4, 0.5) is 13.2 Å². The van der Waals surface area contributed by atoms with Crippen molar-refractivity contribution < 1.29 is 17.6 Å². The first-order valence-corrected chi connectivity index (χ1v) is 12.0. The van der Waals surface area contributed by atoms with Crippen LogP contribution in [0.1, 0.15) is 35.2 Å². The summed E-state index contributed by atoms with van der Waals surface area (Å²) >= 11 is 1.66. The Kier molecular flexibility index (Phi) is 6.78. The third kappa shape index (κ3) is 4.47. The summed E-state index contributed by atoms with van der Waals surface area (Å²) in [5.41, 5.74) is 2.10. The van der Waals surface area contributed by atoms with Crippen molar-refractivity contribution >= 4 is 24.2 Å². The minimum absolute atomic E-state index is 0. The number of halogens is 4. The van der Waals surface area contributed by atoms with Gasteiger partial charge in [0.15, 0.2) is 17.3 Å². The van der Waals surface area contributed by atoms with E-state index in [1.54, 1.807) is 17.8 Å². The van der Waals surface area contributed by atoms with Crippen LogP contribution in [-0.2, 0) is 18.6 Å². The summed E-state index contributed by atoms with van der Waals surface area (Å²) in [5.74, 6) is 2.76. The third-order valence-corrected chi connectivity index (χ3v) is 8.05.